The zero-order valence-electron chi connectivity index (χ0n) is 11.0. The Bertz CT molecular complexity index is 364. The lowest BCUT2D eigenvalue weighted by atomic mass is 10.1. The highest BCUT2D eigenvalue weighted by atomic mass is 16.1. The van der Waals surface area contributed by atoms with Crippen LogP contribution in [0, 0.1) is 0 Å². The number of unbranched alkanes of at least 4 members (excludes halogenated alkanes) is 1. The number of amides is 1. The quantitative estimate of drug-likeness (QED) is 0.801. The van der Waals surface area contributed by atoms with Crippen molar-refractivity contribution < 1.29 is 4.79 Å². The van der Waals surface area contributed by atoms with Gasteiger partial charge < -0.3 is 5.32 Å². The van der Waals surface area contributed by atoms with E-state index in [1.807, 2.05) is 19.9 Å². The standard InChI is InChI=1S/C14H22N2O/c1-4-5-6-13-10-11(2)9-12(3)16-14(17)7-8-15-13/h9-10H,4-8H2,1-3H3,(H,16,17)/b11-10?,12-9+,15-13?. The fourth-order valence-electron chi connectivity index (χ4n) is 1.82. The lowest BCUT2D eigenvalue weighted by Crippen LogP contribution is -2.22. The second-order valence-corrected chi connectivity index (χ2v) is 4.49. The number of carbonyl (C=O) groups is 1. The largest absolute Gasteiger partial charge is 0.330 e. The van der Waals surface area contributed by atoms with Crippen LogP contribution in [-0.2, 0) is 4.79 Å². The minimum atomic E-state index is 0.0482. The number of aliphatic imine (C=N–C) groups is 1. The Balaban J connectivity index is 2.85. The molecular weight excluding hydrogens is 212 g/mol. The van der Waals surface area contributed by atoms with E-state index in [2.05, 4.69) is 23.3 Å². The fourth-order valence-corrected chi connectivity index (χ4v) is 1.82. The van der Waals surface area contributed by atoms with Crippen LogP contribution in [0.15, 0.2) is 28.4 Å². The molecule has 0 unspecified atom stereocenters. The van der Waals surface area contributed by atoms with Crippen LogP contribution >= 0.6 is 0 Å². The highest BCUT2D eigenvalue weighted by Gasteiger charge is 2.04. The Labute approximate surface area is 104 Å². The second-order valence-electron chi connectivity index (χ2n) is 4.49. The van der Waals surface area contributed by atoms with Gasteiger partial charge in [-0.2, -0.15) is 0 Å². The first-order chi connectivity index (χ1) is 8.11. The van der Waals surface area contributed by atoms with Crippen molar-refractivity contribution >= 4 is 11.6 Å². The van der Waals surface area contributed by atoms with E-state index in [4.69, 9.17) is 0 Å². The summed E-state index contributed by atoms with van der Waals surface area (Å²) in [6.07, 6.45) is 7.90. The van der Waals surface area contributed by atoms with Crippen molar-refractivity contribution in [3.05, 3.63) is 23.4 Å². The molecule has 0 saturated carbocycles. The molecule has 0 atom stereocenters. The average molecular weight is 234 g/mol. The van der Waals surface area contributed by atoms with Gasteiger partial charge in [-0.3, -0.25) is 9.79 Å². The molecule has 0 aromatic carbocycles. The van der Waals surface area contributed by atoms with Gasteiger partial charge in [0.2, 0.25) is 5.91 Å². The zero-order valence-corrected chi connectivity index (χ0v) is 11.0. The molecule has 0 fully saturated rings. The van der Waals surface area contributed by atoms with Crippen LogP contribution in [-0.4, -0.2) is 18.2 Å². The van der Waals surface area contributed by atoms with Crippen molar-refractivity contribution in [1.82, 2.24) is 5.32 Å². The minimum Gasteiger partial charge on any atom is -0.330 e. The Hall–Kier alpha value is -1.38. The second kappa shape index (κ2) is 7.05. The summed E-state index contributed by atoms with van der Waals surface area (Å²) in [5, 5.41) is 2.85. The fraction of sp³-hybridized carbons (Fsp3) is 0.571. The minimum absolute atomic E-state index is 0.0482. The summed E-state index contributed by atoms with van der Waals surface area (Å²) in [6.45, 7) is 6.72. The van der Waals surface area contributed by atoms with E-state index < -0.39 is 0 Å². The van der Waals surface area contributed by atoms with Gasteiger partial charge in [-0.15, -0.1) is 0 Å². The smallest absolute Gasteiger partial charge is 0.225 e. The van der Waals surface area contributed by atoms with E-state index in [0.717, 1.165) is 29.8 Å². The Morgan fingerprint density at radius 1 is 1.35 bits per heavy atom. The van der Waals surface area contributed by atoms with Crippen LogP contribution in [0.2, 0.25) is 0 Å². The number of allylic oxidation sites excluding steroid dienone is 4. The van der Waals surface area contributed by atoms with Gasteiger partial charge in [-0.25, -0.2) is 0 Å². The predicted molar refractivity (Wildman–Crippen MR) is 72.1 cm³/mol. The number of hydrogen-bond acceptors (Lipinski definition) is 2. The molecule has 0 aromatic heterocycles. The number of nitrogens with one attached hydrogen (secondary N) is 1. The van der Waals surface area contributed by atoms with Crippen LogP contribution in [0.5, 0.6) is 0 Å². The lowest BCUT2D eigenvalue weighted by Gasteiger charge is -2.08. The SMILES string of the molecule is CCCCC1=NCCC(=O)N/C(C)=C/C(C)=C1. The van der Waals surface area contributed by atoms with Gasteiger partial charge in [0, 0.05) is 24.4 Å². The monoisotopic (exact) mass is 234 g/mol. The average Bonchev–Trinajstić information content (AvgIpc) is 2.24. The number of nitrogens with zero attached hydrogens (tertiary/aromatic N) is 1. The lowest BCUT2D eigenvalue weighted by molar-refractivity contribution is -0.120. The molecule has 0 aliphatic carbocycles. The summed E-state index contributed by atoms with van der Waals surface area (Å²) in [5.74, 6) is 0.0482. The molecule has 1 rings (SSSR count). The number of carbonyl (C=O) groups excluding carboxylic acids is 1. The van der Waals surface area contributed by atoms with E-state index in [0.29, 0.717) is 13.0 Å². The van der Waals surface area contributed by atoms with Crippen molar-refractivity contribution in [3.63, 3.8) is 0 Å². The van der Waals surface area contributed by atoms with Gasteiger partial charge in [-0.05, 0) is 44.4 Å². The molecule has 0 spiro atoms. The maximum absolute atomic E-state index is 11.5. The maximum atomic E-state index is 11.5. The predicted octanol–water partition coefficient (Wildman–Crippen LogP) is 2.99. The summed E-state index contributed by atoms with van der Waals surface area (Å²) in [6, 6.07) is 0. The van der Waals surface area contributed by atoms with Crippen molar-refractivity contribution in [3.8, 4) is 0 Å². The highest BCUT2D eigenvalue weighted by molar-refractivity contribution is 5.96. The molecule has 3 nitrogen and oxygen atoms in total. The van der Waals surface area contributed by atoms with E-state index in [-0.39, 0.29) is 5.91 Å². The van der Waals surface area contributed by atoms with Gasteiger partial charge in [0.25, 0.3) is 0 Å². The van der Waals surface area contributed by atoms with Crippen LogP contribution < -0.4 is 5.32 Å². The Morgan fingerprint density at radius 3 is 2.82 bits per heavy atom. The molecule has 94 valence electrons. The molecule has 0 aromatic rings. The van der Waals surface area contributed by atoms with E-state index in [1.165, 1.54) is 6.42 Å². The molecule has 3 heteroatoms. The molecule has 17 heavy (non-hydrogen) atoms. The van der Waals surface area contributed by atoms with Gasteiger partial charge in [-0.1, -0.05) is 13.3 Å². The van der Waals surface area contributed by atoms with Gasteiger partial charge >= 0.3 is 0 Å². The van der Waals surface area contributed by atoms with E-state index in [9.17, 15) is 4.79 Å². The molecule has 1 N–H and O–H groups in total. The first-order valence-corrected chi connectivity index (χ1v) is 6.31. The first kappa shape index (κ1) is 13.7. The summed E-state index contributed by atoms with van der Waals surface area (Å²) in [5.41, 5.74) is 3.16. The van der Waals surface area contributed by atoms with E-state index in [1.54, 1.807) is 0 Å². The third-order valence-corrected chi connectivity index (χ3v) is 2.62. The summed E-state index contributed by atoms with van der Waals surface area (Å²) < 4.78 is 0. The molecular formula is C14H22N2O. The molecule has 0 bridgehead atoms. The Kier molecular flexibility index (Phi) is 5.67. The zero-order chi connectivity index (χ0) is 12.7. The Morgan fingerprint density at radius 2 is 2.12 bits per heavy atom. The molecule has 1 aliphatic heterocycles. The van der Waals surface area contributed by atoms with E-state index >= 15 is 0 Å². The summed E-state index contributed by atoms with van der Waals surface area (Å²) >= 11 is 0. The third-order valence-electron chi connectivity index (χ3n) is 2.62. The van der Waals surface area contributed by atoms with Crippen LogP contribution in [0.3, 0.4) is 0 Å². The molecule has 1 aliphatic rings. The first-order valence-electron chi connectivity index (χ1n) is 6.31. The number of hydrogen-bond donors (Lipinski definition) is 1. The number of rotatable bonds is 3. The van der Waals surface area contributed by atoms with Gasteiger partial charge in [0.1, 0.15) is 0 Å². The van der Waals surface area contributed by atoms with Crippen LogP contribution in [0.1, 0.15) is 46.5 Å². The highest BCUT2D eigenvalue weighted by Crippen LogP contribution is 2.07. The molecule has 1 heterocycles. The van der Waals surface area contributed by atoms with Gasteiger partial charge in [0.15, 0.2) is 0 Å². The molecule has 1 amide bonds. The summed E-state index contributed by atoms with van der Waals surface area (Å²) in [7, 11) is 0. The van der Waals surface area contributed by atoms with Crippen molar-refractivity contribution in [2.75, 3.05) is 6.54 Å². The van der Waals surface area contributed by atoms with Crippen molar-refractivity contribution in [2.24, 2.45) is 4.99 Å². The molecule has 0 saturated heterocycles. The van der Waals surface area contributed by atoms with Crippen molar-refractivity contribution in [2.45, 2.75) is 46.5 Å². The van der Waals surface area contributed by atoms with Crippen LogP contribution in [0.4, 0.5) is 0 Å². The third kappa shape index (κ3) is 5.48. The van der Waals surface area contributed by atoms with Crippen LogP contribution in [0.25, 0.3) is 0 Å². The maximum Gasteiger partial charge on any atom is 0.225 e. The normalized spacial score (nSPS) is 20.9. The topological polar surface area (TPSA) is 41.5 Å². The van der Waals surface area contributed by atoms with Crippen molar-refractivity contribution in [1.29, 1.82) is 0 Å². The van der Waals surface area contributed by atoms with Gasteiger partial charge in [0.05, 0.1) is 0 Å². The molecule has 0 radical (unpaired) electrons. The summed E-state index contributed by atoms with van der Waals surface area (Å²) in [4.78, 5) is 16.0.